The van der Waals surface area contributed by atoms with Crippen LogP contribution in [0.25, 0.3) is 0 Å². The zero-order chi connectivity index (χ0) is 16.8. The minimum atomic E-state index is 0.0870. The van der Waals surface area contributed by atoms with Crippen LogP contribution in [-0.2, 0) is 0 Å². The number of thiocarbonyl (C=S) groups is 1. The lowest BCUT2D eigenvalue weighted by Gasteiger charge is -2.18. The number of hydrogen-bond donors (Lipinski definition) is 2. The van der Waals surface area contributed by atoms with E-state index < -0.39 is 0 Å². The molecule has 0 radical (unpaired) electrons. The Morgan fingerprint density at radius 1 is 1.13 bits per heavy atom. The summed E-state index contributed by atoms with van der Waals surface area (Å²) >= 11 is 11.2. The average Bonchev–Trinajstić information content (AvgIpc) is 2.51. The number of halogens is 1. The molecule has 0 aliphatic rings. The fourth-order valence-electron chi connectivity index (χ4n) is 1.99. The Labute approximate surface area is 148 Å². The van der Waals surface area contributed by atoms with Crippen LogP contribution in [0.2, 0.25) is 5.02 Å². The Kier molecular flexibility index (Phi) is 6.25. The van der Waals surface area contributed by atoms with E-state index in [0.717, 1.165) is 11.4 Å². The molecular weight excluding hydrogens is 328 g/mol. The van der Waals surface area contributed by atoms with Crippen LogP contribution in [0.5, 0.6) is 5.75 Å². The van der Waals surface area contributed by atoms with Gasteiger partial charge in [-0.25, -0.2) is 0 Å². The molecule has 0 aromatic heterocycles. The molecule has 0 unspecified atom stereocenters. The maximum Gasteiger partial charge on any atom is 0.171 e. The van der Waals surface area contributed by atoms with E-state index in [1.54, 1.807) is 0 Å². The molecule has 0 bridgehead atoms. The smallest absolute Gasteiger partial charge is 0.171 e. The first kappa shape index (κ1) is 17.6. The molecule has 3 nitrogen and oxygen atoms in total. The summed E-state index contributed by atoms with van der Waals surface area (Å²) in [4.78, 5) is 0. The number of hydrogen-bond acceptors (Lipinski definition) is 2. The van der Waals surface area contributed by atoms with Crippen LogP contribution in [-0.4, -0.2) is 17.8 Å². The molecule has 2 aromatic carbocycles. The van der Waals surface area contributed by atoms with Gasteiger partial charge in [0.05, 0.1) is 6.04 Å². The highest BCUT2D eigenvalue weighted by Gasteiger charge is 2.06. The van der Waals surface area contributed by atoms with Gasteiger partial charge in [0.15, 0.2) is 5.11 Å². The standard InChI is InChI=1S/C18H21ClN2OS/c1-12-4-9-17(10-13(12)2)22-11-14(3)20-18(23)21-16-7-5-15(19)6-8-16/h4-10,14H,11H2,1-3H3,(H2,20,21,23)/t14-/m1/s1. The van der Waals surface area contributed by atoms with Gasteiger partial charge in [-0.2, -0.15) is 0 Å². The lowest BCUT2D eigenvalue weighted by Crippen LogP contribution is -2.39. The first-order valence-electron chi connectivity index (χ1n) is 7.47. The van der Waals surface area contributed by atoms with Gasteiger partial charge in [0, 0.05) is 10.7 Å². The van der Waals surface area contributed by atoms with Gasteiger partial charge in [0.25, 0.3) is 0 Å². The predicted octanol–water partition coefficient (Wildman–Crippen LogP) is 4.71. The lowest BCUT2D eigenvalue weighted by atomic mass is 10.1. The summed E-state index contributed by atoms with van der Waals surface area (Å²) in [5, 5.41) is 7.58. The van der Waals surface area contributed by atoms with Crippen molar-refractivity contribution < 1.29 is 4.74 Å². The van der Waals surface area contributed by atoms with Gasteiger partial charge in [0.1, 0.15) is 12.4 Å². The van der Waals surface area contributed by atoms with Gasteiger partial charge >= 0.3 is 0 Å². The second-order valence-electron chi connectivity index (χ2n) is 5.56. The molecule has 0 heterocycles. The summed E-state index contributed by atoms with van der Waals surface area (Å²) in [7, 11) is 0. The van der Waals surface area contributed by atoms with Crippen LogP contribution < -0.4 is 15.4 Å². The van der Waals surface area contributed by atoms with Crippen molar-refractivity contribution in [3.05, 3.63) is 58.6 Å². The van der Waals surface area contributed by atoms with Gasteiger partial charge in [-0.05, 0) is 80.5 Å². The zero-order valence-electron chi connectivity index (χ0n) is 13.5. The second kappa shape index (κ2) is 8.18. The van der Waals surface area contributed by atoms with E-state index in [4.69, 9.17) is 28.6 Å². The topological polar surface area (TPSA) is 33.3 Å². The molecule has 2 rings (SSSR count). The molecule has 0 aliphatic heterocycles. The first-order chi connectivity index (χ1) is 10.9. The van der Waals surface area contributed by atoms with E-state index in [0.29, 0.717) is 16.7 Å². The van der Waals surface area contributed by atoms with Crippen molar-refractivity contribution in [2.75, 3.05) is 11.9 Å². The Morgan fingerprint density at radius 3 is 2.48 bits per heavy atom. The Hall–Kier alpha value is -1.78. The molecule has 2 N–H and O–H groups in total. The van der Waals surface area contributed by atoms with E-state index in [1.807, 2.05) is 43.3 Å². The fourth-order valence-corrected chi connectivity index (χ4v) is 2.44. The SMILES string of the molecule is Cc1ccc(OC[C@@H](C)NC(=S)Nc2ccc(Cl)cc2)cc1C. The summed E-state index contributed by atoms with van der Waals surface area (Å²) in [6.07, 6.45) is 0. The third kappa shape index (κ3) is 5.73. The van der Waals surface area contributed by atoms with Crippen LogP contribution in [0.15, 0.2) is 42.5 Å². The normalized spacial score (nSPS) is 11.7. The maximum absolute atomic E-state index is 5.86. The Balaban J connectivity index is 1.79. The largest absolute Gasteiger partial charge is 0.491 e. The molecule has 122 valence electrons. The third-order valence-corrected chi connectivity index (χ3v) is 3.93. The summed E-state index contributed by atoms with van der Waals surface area (Å²) < 4.78 is 5.80. The molecular formula is C18H21ClN2OS. The number of rotatable bonds is 5. The second-order valence-corrected chi connectivity index (χ2v) is 6.41. The van der Waals surface area contributed by atoms with Crippen molar-refractivity contribution in [2.45, 2.75) is 26.8 Å². The van der Waals surface area contributed by atoms with Crippen molar-refractivity contribution in [1.82, 2.24) is 5.32 Å². The Morgan fingerprint density at radius 2 is 1.83 bits per heavy atom. The van der Waals surface area contributed by atoms with Gasteiger partial charge in [-0.3, -0.25) is 0 Å². The molecule has 1 atom stereocenters. The molecule has 0 aliphatic carbocycles. The summed E-state index contributed by atoms with van der Waals surface area (Å²) in [6, 6.07) is 13.6. The fraction of sp³-hybridized carbons (Fsp3) is 0.278. The number of benzene rings is 2. The maximum atomic E-state index is 5.86. The van der Waals surface area contributed by atoms with E-state index >= 15 is 0 Å². The minimum absolute atomic E-state index is 0.0870. The molecule has 0 saturated carbocycles. The van der Waals surface area contributed by atoms with Crippen LogP contribution in [0.4, 0.5) is 5.69 Å². The predicted molar refractivity (Wildman–Crippen MR) is 102 cm³/mol. The molecule has 0 amide bonds. The third-order valence-electron chi connectivity index (χ3n) is 3.46. The first-order valence-corrected chi connectivity index (χ1v) is 8.26. The minimum Gasteiger partial charge on any atom is -0.491 e. The number of anilines is 1. The van der Waals surface area contributed by atoms with Crippen LogP contribution in [0, 0.1) is 13.8 Å². The lowest BCUT2D eigenvalue weighted by molar-refractivity contribution is 0.287. The molecule has 0 spiro atoms. The number of ether oxygens (including phenoxy) is 1. The van der Waals surface area contributed by atoms with E-state index in [2.05, 4.69) is 30.5 Å². The van der Waals surface area contributed by atoms with Crippen molar-refractivity contribution in [3.63, 3.8) is 0 Å². The average molecular weight is 349 g/mol. The quantitative estimate of drug-likeness (QED) is 0.766. The number of aryl methyl sites for hydroxylation is 2. The van der Waals surface area contributed by atoms with Gasteiger partial charge in [-0.1, -0.05) is 17.7 Å². The molecule has 2 aromatic rings. The van der Waals surface area contributed by atoms with E-state index in [-0.39, 0.29) is 6.04 Å². The van der Waals surface area contributed by atoms with Crippen LogP contribution in [0.1, 0.15) is 18.1 Å². The monoisotopic (exact) mass is 348 g/mol. The summed E-state index contributed by atoms with van der Waals surface area (Å²) in [5.74, 6) is 0.873. The highest BCUT2D eigenvalue weighted by molar-refractivity contribution is 7.80. The summed E-state index contributed by atoms with van der Waals surface area (Å²) in [6.45, 7) is 6.72. The van der Waals surface area contributed by atoms with Crippen molar-refractivity contribution in [2.24, 2.45) is 0 Å². The van der Waals surface area contributed by atoms with Gasteiger partial charge in [0.2, 0.25) is 0 Å². The van der Waals surface area contributed by atoms with E-state index in [9.17, 15) is 0 Å². The highest BCUT2D eigenvalue weighted by atomic mass is 35.5. The molecule has 0 saturated heterocycles. The van der Waals surface area contributed by atoms with E-state index in [1.165, 1.54) is 11.1 Å². The Bertz CT molecular complexity index is 673. The zero-order valence-corrected chi connectivity index (χ0v) is 15.1. The van der Waals surface area contributed by atoms with Gasteiger partial charge in [-0.15, -0.1) is 0 Å². The highest BCUT2D eigenvalue weighted by Crippen LogP contribution is 2.16. The van der Waals surface area contributed by atoms with Crippen LogP contribution in [0.3, 0.4) is 0 Å². The van der Waals surface area contributed by atoms with Gasteiger partial charge < -0.3 is 15.4 Å². The molecule has 5 heteroatoms. The summed E-state index contributed by atoms with van der Waals surface area (Å²) in [5.41, 5.74) is 3.38. The van der Waals surface area contributed by atoms with Crippen molar-refractivity contribution >= 4 is 34.6 Å². The van der Waals surface area contributed by atoms with Crippen LogP contribution >= 0.6 is 23.8 Å². The molecule has 23 heavy (non-hydrogen) atoms. The number of nitrogens with one attached hydrogen (secondary N) is 2. The van der Waals surface area contributed by atoms with Crippen molar-refractivity contribution in [3.8, 4) is 5.75 Å². The molecule has 0 fully saturated rings. The van der Waals surface area contributed by atoms with Crippen molar-refractivity contribution in [1.29, 1.82) is 0 Å².